The van der Waals surface area contributed by atoms with Crippen molar-refractivity contribution in [2.45, 2.75) is 26.4 Å². The monoisotopic (exact) mass is 425 g/mol. The highest BCUT2D eigenvalue weighted by molar-refractivity contribution is 7.16. The molecule has 1 aromatic heterocycles. The van der Waals surface area contributed by atoms with Crippen molar-refractivity contribution in [3.05, 3.63) is 45.8 Å². The van der Waals surface area contributed by atoms with Crippen molar-refractivity contribution >= 4 is 39.7 Å². The van der Waals surface area contributed by atoms with Crippen molar-refractivity contribution in [2.24, 2.45) is 11.7 Å². The number of alkyl halides is 3. The molecule has 1 aliphatic heterocycles. The summed E-state index contributed by atoms with van der Waals surface area (Å²) in [5.41, 5.74) is 5.50. The lowest BCUT2D eigenvalue weighted by atomic mass is 10.1. The second-order valence-corrected chi connectivity index (χ2v) is 8.02. The molecule has 0 saturated carbocycles. The Morgan fingerprint density at radius 3 is 2.59 bits per heavy atom. The topological polar surface area (TPSA) is 92.5 Å². The first-order chi connectivity index (χ1) is 13.5. The first-order valence-electron chi connectivity index (χ1n) is 8.67. The zero-order chi connectivity index (χ0) is 21.5. The first kappa shape index (κ1) is 20.8. The van der Waals surface area contributed by atoms with Crippen LogP contribution in [0.25, 0.3) is 0 Å². The number of hydrogen-bond donors (Lipinski definition) is 2. The molecule has 154 valence electrons. The van der Waals surface area contributed by atoms with Crippen molar-refractivity contribution < 1.29 is 27.6 Å². The Balaban J connectivity index is 1.78. The third kappa shape index (κ3) is 4.12. The zero-order valence-corrected chi connectivity index (χ0v) is 16.4. The van der Waals surface area contributed by atoms with Crippen LogP contribution in [0.1, 0.15) is 32.8 Å². The van der Waals surface area contributed by atoms with Gasteiger partial charge in [0.25, 0.3) is 5.91 Å². The average Bonchev–Trinajstić information content (AvgIpc) is 3.14. The van der Waals surface area contributed by atoms with Gasteiger partial charge in [-0.2, -0.15) is 13.2 Å². The minimum absolute atomic E-state index is 0.0543. The maximum absolute atomic E-state index is 12.9. The Morgan fingerprint density at radius 2 is 1.97 bits per heavy atom. The number of anilines is 2. The molecule has 1 unspecified atom stereocenters. The number of nitrogens with zero attached hydrogens (tertiary/aromatic N) is 1. The van der Waals surface area contributed by atoms with Crippen LogP contribution in [0.15, 0.2) is 24.3 Å². The summed E-state index contributed by atoms with van der Waals surface area (Å²) in [5.74, 6) is -2.37. The number of benzene rings is 1. The first-order valence-corrected chi connectivity index (χ1v) is 9.49. The van der Waals surface area contributed by atoms with E-state index in [9.17, 15) is 27.6 Å². The molecular formula is C19H18F3N3O3S. The van der Waals surface area contributed by atoms with Crippen LogP contribution in [0.4, 0.5) is 23.9 Å². The number of nitrogens with one attached hydrogen (secondary N) is 1. The third-order valence-corrected chi connectivity index (χ3v) is 5.97. The van der Waals surface area contributed by atoms with E-state index < -0.39 is 35.4 Å². The van der Waals surface area contributed by atoms with E-state index in [1.807, 2.05) is 0 Å². The summed E-state index contributed by atoms with van der Waals surface area (Å²) in [6.07, 6.45) is -4.67. The quantitative estimate of drug-likeness (QED) is 0.786. The predicted molar refractivity (Wildman–Crippen MR) is 103 cm³/mol. The fourth-order valence-electron chi connectivity index (χ4n) is 3.21. The van der Waals surface area contributed by atoms with E-state index in [0.29, 0.717) is 10.6 Å². The van der Waals surface area contributed by atoms with E-state index >= 15 is 0 Å². The lowest BCUT2D eigenvalue weighted by Crippen LogP contribution is -2.28. The largest absolute Gasteiger partial charge is 0.416 e. The van der Waals surface area contributed by atoms with E-state index in [1.165, 1.54) is 28.4 Å². The Bertz CT molecular complexity index is 1000. The molecule has 1 aromatic carbocycles. The van der Waals surface area contributed by atoms with Crippen LogP contribution in [-0.2, 0) is 15.8 Å². The van der Waals surface area contributed by atoms with Crippen molar-refractivity contribution in [3.8, 4) is 0 Å². The van der Waals surface area contributed by atoms with Gasteiger partial charge >= 0.3 is 6.18 Å². The Labute approximate surface area is 168 Å². The molecule has 1 fully saturated rings. The number of carbonyl (C=O) groups is 3. The van der Waals surface area contributed by atoms with Crippen LogP contribution in [0.2, 0.25) is 0 Å². The molecule has 3 N–H and O–H groups in total. The standard InChI is InChI=1S/C19H18F3N3O3S/c1-9-10(2)29-18(15(9)16(23)27)24-17(28)11-6-14(26)25(8-11)13-5-3-4-12(7-13)19(20,21)22/h3-5,7,11H,6,8H2,1-2H3,(H2,23,27)(H,24,28). The molecule has 1 atom stereocenters. The van der Waals surface area contributed by atoms with E-state index in [1.54, 1.807) is 13.8 Å². The number of carbonyl (C=O) groups excluding carboxylic acids is 3. The molecule has 3 rings (SSSR count). The van der Waals surface area contributed by atoms with Crippen LogP contribution in [0.3, 0.4) is 0 Å². The minimum atomic E-state index is -4.53. The van der Waals surface area contributed by atoms with Crippen molar-refractivity contribution in [2.75, 3.05) is 16.8 Å². The molecule has 0 radical (unpaired) electrons. The fraction of sp³-hybridized carbons (Fsp3) is 0.316. The van der Waals surface area contributed by atoms with Gasteiger partial charge in [0.1, 0.15) is 5.00 Å². The Morgan fingerprint density at radius 1 is 1.28 bits per heavy atom. The van der Waals surface area contributed by atoms with E-state index in [2.05, 4.69) is 5.32 Å². The highest BCUT2D eigenvalue weighted by Gasteiger charge is 2.37. The molecule has 6 nitrogen and oxygen atoms in total. The van der Waals surface area contributed by atoms with Crippen LogP contribution in [0, 0.1) is 19.8 Å². The van der Waals surface area contributed by atoms with E-state index in [-0.39, 0.29) is 24.2 Å². The number of hydrogen-bond acceptors (Lipinski definition) is 4. The molecule has 29 heavy (non-hydrogen) atoms. The second kappa shape index (κ2) is 7.51. The number of halogens is 3. The van der Waals surface area contributed by atoms with Crippen LogP contribution >= 0.6 is 11.3 Å². The Kier molecular flexibility index (Phi) is 5.40. The molecule has 3 amide bonds. The number of rotatable bonds is 4. The molecule has 1 saturated heterocycles. The Hall–Kier alpha value is -2.88. The summed E-state index contributed by atoms with van der Waals surface area (Å²) in [6.45, 7) is 3.45. The summed E-state index contributed by atoms with van der Waals surface area (Å²) >= 11 is 1.20. The SMILES string of the molecule is Cc1sc(NC(=O)C2CC(=O)N(c3cccc(C(F)(F)F)c3)C2)c(C(N)=O)c1C. The number of primary amides is 1. The summed E-state index contributed by atoms with van der Waals surface area (Å²) in [5, 5.41) is 2.95. The van der Waals surface area contributed by atoms with Gasteiger partial charge in [-0.25, -0.2) is 0 Å². The van der Waals surface area contributed by atoms with Gasteiger partial charge in [0, 0.05) is 23.5 Å². The fourth-order valence-corrected chi connectivity index (χ4v) is 4.28. The number of aryl methyl sites for hydroxylation is 1. The molecular weight excluding hydrogens is 407 g/mol. The van der Waals surface area contributed by atoms with Crippen LogP contribution in [0.5, 0.6) is 0 Å². The highest BCUT2D eigenvalue weighted by Crippen LogP contribution is 2.35. The number of thiophene rings is 1. The highest BCUT2D eigenvalue weighted by atomic mass is 32.1. The maximum atomic E-state index is 12.9. The van der Waals surface area contributed by atoms with E-state index in [4.69, 9.17) is 5.73 Å². The van der Waals surface area contributed by atoms with Gasteiger partial charge in [0.15, 0.2) is 0 Å². The maximum Gasteiger partial charge on any atom is 0.416 e. The lowest BCUT2D eigenvalue weighted by molar-refractivity contribution is -0.137. The van der Waals surface area contributed by atoms with Gasteiger partial charge in [-0.1, -0.05) is 6.07 Å². The van der Waals surface area contributed by atoms with Crippen molar-refractivity contribution in [1.82, 2.24) is 0 Å². The predicted octanol–water partition coefficient (Wildman–Crippen LogP) is 3.47. The van der Waals surface area contributed by atoms with Gasteiger partial charge in [0.2, 0.25) is 11.8 Å². The van der Waals surface area contributed by atoms with Gasteiger partial charge in [-0.3, -0.25) is 14.4 Å². The molecule has 0 bridgehead atoms. The average molecular weight is 425 g/mol. The van der Waals surface area contributed by atoms with E-state index in [0.717, 1.165) is 17.0 Å². The summed E-state index contributed by atoms with van der Waals surface area (Å²) in [7, 11) is 0. The smallest absolute Gasteiger partial charge is 0.365 e. The zero-order valence-electron chi connectivity index (χ0n) is 15.6. The normalized spacial score (nSPS) is 16.9. The molecule has 2 aromatic rings. The molecule has 2 heterocycles. The summed E-state index contributed by atoms with van der Waals surface area (Å²) in [4.78, 5) is 38.6. The molecule has 10 heteroatoms. The lowest BCUT2D eigenvalue weighted by Gasteiger charge is -2.18. The number of amides is 3. The minimum Gasteiger partial charge on any atom is -0.365 e. The molecule has 1 aliphatic rings. The summed E-state index contributed by atoms with van der Waals surface area (Å²) < 4.78 is 38.8. The van der Waals surface area contributed by atoms with Gasteiger partial charge < -0.3 is 16.0 Å². The van der Waals surface area contributed by atoms with Crippen LogP contribution < -0.4 is 16.0 Å². The van der Waals surface area contributed by atoms with Crippen molar-refractivity contribution in [3.63, 3.8) is 0 Å². The van der Waals surface area contributed by atoms with Crippen LogP contribution in [-0.4, -0.2) is 24.3 Å². The second-order valence-electron chi connectivity index (χ2n) is 6.79. The van der Waals surface area contributed by atoms with Gasteiger partial charge in [-0.05, 0) is 37.6 Å². The van der Waals surface area contributed by atoms with Gasteiger partial charge in [-0.15, -0.1) is 11.3 Å². The summed E-state index contributed by atoms with van der Waals surface area (Å²) in [6, 6.07) is 4.41. The number of nitrogens with two attached hydrogens (primary N) is 1. The van der Waals surface area contributed by atoms with Gasteiger partial charge in [0.05, 0.1) is 17.0 Å². The molecule has 0 aliphatic carbocycles. The van der Waals surface area contributed by atoms with Crippen molar-refractivity contribution in [1.29, 1.82) is 0 Å². The third-order valence-electron chi connectivity index (χ3n) is 4.85. The molecule has 0 spiro atoms.